The Morgan fingerprint density at radius 1 is 1.00 bits per heavy atom. The number of fused-ring (bicyclic) bond motifs is 1. The number of amides is 1. The Balaban J connectivity index is 1.37. The second-order valence-electron chi connectivity index (χ2n) is 6.39. The first-order chi connectivity index (χ1) is 13.8. The lowest BCUT2D eigenvalue weighted by atomic mass is 10.0. The van der Waals surface area contributed by atoms with Crippen LogP contribution in [0.2, 0.25) is 0 Å². The lowest BCUT2D eigenvalue weighted by Crippen LogP contribution is -2.23. The molecular weight excluding hydrogens is 348 g/mol. The Morgan fingerprint density at radius 3 is 2.68 bits per heavy atom. The molecule has 0 saturated heterocycles. The Morgan fingerprint density at radius 2 is 1.79 bits per heavy atom. The molecule has 4 aromatic rings. The fraction of sp³-hybridized carbons (Fsp3) is 0.0870. The zero-order valence-corrected chi connectivity index (χ0v) is 15.3. The molecular formula is C23H20N4O. The fourth-order valence-electron chi connectivity index (χ4n) is 3.17. The zero-order valence-electron chi connectivity index (χ0n) is 15.3. The topological polar surface area (TPSA) is 70.7 Å². The minimum atomic E-state index is -0.112. The van der Waals surface area contributed by atoms with Crippen LogP contribution >= 0.6 is 0 Å². The van der Waals surface area contributed by atoms with Crippen molar-refractivity contribution in [1.82, 2.24) is 20.3 Å². The van der Waals surface area contributed by atoms with Gasteiger partial charge in [-0.25, -0.2) is 9.97 Å². The summed E-state index contributed by atoms with van der Waals surface area (Å²) < 4.78 is 0. The number of aromatic amines is 1. The molecule has 5 heteroatoms. The molecule has 0 spiro atoms. The Bertz CT molecular complexity index is 1120. The number of hydrogen-bond donors (Lipinski definition) is 2. The monoisotopic (exact) mass is 368 g/mol. The molecule has 2 aromatic heterocycles. The van der Waals surface area contributed by atoms with E-state index in [2.05, 4.69) is 20.3 Å². The highest BCUT2D eigenvalue weighted by molar-refractivity contribution is 5.96. The predicted octanol–water partition coefficient (Wildman–Crippen LogP) is 4.00. The van der Waals surface area contributed by atoms with Gasteiger partial charge >= 0.3 is 0 Å². The normalized spacial score (nSPS) is 11.1. The van der Waals surface area contributed by atoms with E-state index in [4.69, 9.17) is 0 Å². The number of hydrogen-bond acceptors (Lipinski definition) is 3. The molecule has 28 heavy (non-hydrogen) atoms. The molecule has 0 bridgehead atoms. The number of nitrogens with one attached hydrogen (secondary N) is 2. The molecule has 0 aliphatic carbocycles. The highest BCUT2D eigenvalue weighted by Crippen LogP contribution is 2.20. The third kappa shape index (κ3) is 3.99. The molecule has 0 aliphatic heterocycles. The second-order valence-corrected chi connectivity index (χ2v) is 6.39. The molecule has 0 radical (unpaired) electrons. The smallest absolute Gasteiger partial charge is 0.244 e. The molecule has 2 N–H and O–H groups in total. The molecule has 2 heterocycles. The van der Waals surface area contributed by atoms with Crippen LogP contribution in [0.3, 0.4) is 0 Å². The maximum atomic E-state index is 12.2. The minimum absolute atomic E-state index is 0.112. The summed E-state index contributed by atoms with van der Waals surface area (Å²) in [6, 6.07) is 17.8. The van der Waals surface area contributed by atoms with E-state index in [0.29, 0.717) is 18.8 Å². The summed E-state index contributed by atoms with van der Waals surface area (Å²) in [5.74, 6) is 0.586. The van der Waals surface area contributed by atoms with Gasteiger partial charge < -0.3 is 10.3 Å². The maximum Gasteiger partial charge on any atom is 0.244 e. The van der Waals surface area contributed by atoms with Crippen LogP contribution in [0.1, 0.15) is 11.1 Å². The van der Waals surface area contributed by atoms with Crippen molar-refractivity contribution in [3.05, 3.63) is 90.4 Å². The second kappa shape index (κ2) is 8.31. The van der Waals surface area contributed by atoms with Gasteiger partial charge in [0.15, 0.2) is 5.82 Å². The predicted molar refractivity (Wildman–Crippen MR) is 112 cm³/mol. The van der Waals surface area contributed by atoms with Crippen LogP contribution in [-0.4, -0.2) is 27.4 Å². The van der Waals surface area contributed by atoms with Crippen molar-refractivity contribution < 1.29 is 4.79 Å². The minimum Gasteiger partial charge on any atom is -0.361 e. The molecule has 0 aliphatic rings. The van der Waals surface area contributed by atoms with Gasteiger partial charge in [-0.15, -0.1) is 0 Å². The quantitative estimate of drug-likeness (QED) is 0.506. The summed E-state index contributed by atoms with van der Waals surface area (Å²) in [5.41, 5.74) is 4.15. The van der Waals surface area contributed by atoms with Gasteiger partial charge in [0, 0.05) is 47.7 Å². The summed E-state index contributed by atoms with van der Waals surface area (Å²) in [6.45, 7) is 0.543. The van der Waals surface area contributed by atoms with Crippen molar-refractivity contribution in [3.63, 3.8) is 0 Å². The van der Waals surface area contributed by atoms with Gasteiger partial charge in [0.1, 0.15) is 0 Å². The van der Waals surface area contributed by atoms with E-state index < -0.39 is 0 Å². The Labute approximate surface area is 163 Å². The van der Waals surface area contributed by atoms with E-state index in [1.807, 2.05) is 60.8 Å². The fourth-order valence-corrected chi connectivity index (χ4v) is 3.17. The third-order valence-corrected chi connectivity index (χ3v) is 4.55. The van der Waals surface area contributed by atoms with Crippen LogP contribution in [0.15, 0.2) is 79.3 Å². The van der Waals surface area contributed by atoms with E-state index in [1.165, 1.54) is 0 Å². The van der Waals surface area contributed by atoms with Crippen molar-refractivity contribution in [2.24, 2.45) is 0 Å². The van der Waals surface area contributed by atoms with Crippen molar-refractivity contribution >= 4 is 22.9 Å². The number of aromatic nitrogens is 3. The van der Waals surface area contributed by atoms with E-state index in [1.54, 1.807) is 24.5 Å². The van der Waals surface area contributed by atoms with Crippen LogP contribution in [0.25, 0.3) is 28.4 Å². The van der Waals surface area contributed by atoms with Crippen molar-refractivity contribution in [2.75, 3.05) is 6.54 Å². The lowest BCUT2D eigenvalue weighted by molar-refractivity contribution is -0.116. The number of para-hydroxylation sites is 1. The number of benzene rings is 2. The largest absolute Gasteiger partial charge is 0.361 e. The van der Waals surface area contributed by atoms with E-state index >= 15 is 0 Å². The van der Waals surface area contributed by atoms with Crippen LogP contribution in [0, 0.1) is 0 Å². The molecule has 0 saturated carbocycles. The van der Waals surface area contributed by atoms with Gasteiger partial charge in [-0.1, -0.05) is 42.5 Å². The number of rotatable bonds is 6. The van der Waals surface area contributed by atoms with E-state index in [0.717, 1.165) is 27.6 Å². The summed E-state index contributed by atoms with van der Waals surface area (Å²) in [7, 11) is 0. The maximum absolute atomic E-state index is 12.2. The lowest BCUT2D eigenvalue weighted by Gasteiger charge is -2.08. The first kappa shape index (κ1) is 17.7. The van der Waals surface area contributed by atoms with Crippen LogP contribution < -0.4 is 5.32 Å². The van der Waals surface area contributed by atoms with E-state index in [9.17, 15) is 4.79 Å². The first-order valence-corrected chi connectivity index (χ1v) is 9.18. The van der Waals surface area contributed by atoms with Gasteiger partial charge in [0.25, 0.3) is 0 Å². The highest BCUT2D eigenvalue weighted by Gasteiger charge is 2.07. The van der Waals surface area contributed by atoms with Gasteiger partial charge in [-0.05, 0) is 35.8 Å². The molecule has 2 aromatic carbocycles. The van der Waals surface area contributed by atoms with Crippen molar-refractivity contribution in [2.45, 2.75) is 6.42 Å². The average molecular weight is 368 g/mol. The highest BCUT2D eigenvalue weighted by atomic mass is 16.1. The molecule has 0 unspecified atom stereocenters. The number of carbonyl (C=O) groups is 1. The molecule has 4 rings (SSSR count). The molecule has 5 nitrogen and oxygen atoms in total. The SMILES string of the molecule is O=C(/C=C/c1c[nH]c2ccccc12)NCCc1ccccc1-c1ncccn1. The van der Waals surface area contributed by atoms with Gasteiger partial charge in [-0.3, -0.25) is 4.79 Å². The zero-order chi connectivity index (χ0) is 19.2. The number of carbonyl (C=O) groups excluding carboxylic acids is 1. The summed E-state index contributed by atoms with van der Waals surface area (Å²) in [6.07, 6.45) is 9.49. The number of H-pyrrole nitrogens is 1. The molecule has 1 amide bonds. The van der Waals surface area contributed by atoms with Crippen molar-refractivity contribution in [1.29, 1.82) is 0 Å². The standard InChI is InChI=1S/C23H20N4O/c28-22(11-10-18-16-27-21-9-4-3-7-19(18)21)24-15-12-17-6-1-2-8-20(17)23-25-13-5-14-26-23/h1-11,13-14,16,27H,12,15H2,(H,24,28)/b11-10+. The third-order valence-electron chi connectivity index (χ3n) is 4.55. The van der Waals surface area contributed by atoms with Crippen LogP contribution in [0.5, 0.6) is 0 Å². The molecule has 0 atom stereocenters. The molecule has 138 valence electrons. The summed E-state index contributed by atoms with van der Waals surface area (Å²) >= 11 is 0. The number of nitrogens with zero attached hydrogens (tertiary/aromatic N) is 2. The Hall–Kier alpha value is -3.73. The van der Waals surface area contributed by atoms with Gasteiger partial charge in [0.05, 0.1) is 0 Å². The summed E-state index contributed by atoms with van der Waals surface area (Å²) in [5, 5.41) is 4.04. The van der Waals surface area contributed by atoms with Crippen molar-refractivity contribution in [3.8, 4) is 11.4 Å². The summed E-state index contributed by atoms with van der Waals surface area (Å²) in [4.78, 5) is 24.0. The van der Waals surface area contributed by atoms with Gasteiger partial charge in [0.2, 0.25) is 5.91 Å². The van der Waals surface area contributed by atoms with Crippen LogP contribution in [0.4, 0.5) is 0 Å². The van der Waals surface area contributed by atoms with E-state index in [-0.39, 0.29) is 5.91 Å². The Kier molecular flexibility index (Phi) is 5.24. The first-order valence-electron chi connectivity index (χ1n) is 9.18. The molecule has 0 fully saturated rings. The van der Waals surface area contributed by atoms with Crippen LogP contribution in [-0.2, 0) is 11.2 Å². The van der Waals surface area contributed by atoms with Gasteiger partial charge in [-0.2, -0.15) is 0 Å². The average Bonchev–Trinajstić information content (AvgIpc) is 3.16.